The third-order valence-electron chi connectivity index (χ3n) is 2.14. The highest BCUT2D eigenvalue weighted by Crippen LogP contribution is 2.04. The van der Waals surface area contributed by atoms with Crippen molar-refractivity contribution >= 4 is 10.0 Å². The summed E-state index contributed by atoms with van der Waals surface area (Å²) in [5.74, 6) is 0. The number of aromatic nitrogens is 3. The van der Waals surface area contributed by atoms with Gasteiger partial charge in [-0.3, -0.25) is 4.79 Å². The molecule has 0 aliphatic heterocycles. The van der Waals surface area contributed by atoms with Crippen molar-refractivity contribution in [1.82, 2.24) is 19.9 Å². The van der Waals surface area contributed by atoms with Gasteiger partial charge in [0.2, 0.25) is 15.6 Å². The summed E-state index contributed by atoms with van der Waals surface area (Å²) in [5.41, 5.74) is 0.147. The minimum absolute atomic E-state index is 0.00834. The summed E-state index contributed by atoms with van der Waals surface area (Å²) in [4.78, 5) is 13.1. The van der Waals surface area contributed by atoms with Crippen LogP contribution in [0.5, 0.6) is 0 Å². The molecule has 0 aliphatic rings. The fourth-order valence-corrected chi connectivity index (χ4v) is 2.21. The van der Waals surface area contributed by atoms with E-state index >= 15 is 0 Å². The zero-order valence-corrected chi connectivity index (χ0v) is 10.0. The summed E-state index contributed by atoms with van der Waals surface area (Å²) in [6, 6.07) is 5.70. The highest BCUT2D eigenvalue weighted by molar-refractivity contribution is 7.89. The molecule has 0 bridgehead atoms. The molecule has 0 aliphatic carbocycles. The molecule has 0 amide bonds. The molecular weight excluding hydrogens is 256 g/mol. The topological polar surface area (TPSA) is 105 Å². The van der Waals surface area contributed by atoms with Gasteiger partial charge in [0.1, 0.15) is 0 Å². The van der Waals surface area contributed by atoms with Gasteiger partial charge in [0.05, 0.1) is 17.1 Å². The zero-order chi connectivity index (χ0) is 13.0. The van der Waals surface area contributed by atoms with Gasteiger partial charge in [0.15, 0.2) is 0 Å². The molecule has 18 heavy (non-hydrogen) atoms. The highest BCUT2D eigenvalue weighted by atomic mass is 32.2. The van der Waals surface area contributed by atoms with Crippen molar-refractivity contribution in [2.75, 3.05) is 0 Å². The van der Waals surface area contributed by atoms with E-state index in [1.54, 1.807) is 12.1 Å². The van der Waals surface area contributed by atoms with E-state index in [0.29, 0.717) is 5.69 Å². The fourth-order valence-electron chi connectivity index (χ4n) is 1.24. The van der Waals surface area contributed by atoms with Crippen LogP contribution in [0.1, 0.15) is 5.69 Å². The van der Waals surface area contributed by atoms with Gasteiger partial charge in [-0.2, -0.15) is 10.2 Å². The predicted octanol–water partition coefficient (Wildman–Crippen LogP) is -0.357. The fraction of sp³-hybridized carbons (Fsp3) is 0.100. The van der Waals surface area contributed by atoms with Crippen LogP contribution in [0.15, 0.2) is 46.3 Å². The predicted molar refractivity (Wildman–Crippen MR) is 63.1 cm³/mol. The van der Waals surface area contributed by atoms with Crippen LogP contribution in [-0.2, 0) is 16.6 Å². The first-order valence-electron chi connectivity index (χ1n) is 5.03. The summed E-state index contributed by atoms with van der Waals surface area (Å²) in [6.45, 7) is 0.0370. The highest BCUT2D eigenvalue weighted by Gasteiger charge is 2.13. The Morgan fingerprint density at radius 3 is 2.72 bits per heavy atom. The van der Waals surface area contributed by atoms with Gasteiger partial charge in [-0.15, -0.1) is 0 Å². The SMILES string of the molecule is O=c1ccc(S(=O)(=O)NCc2cccnn2)c[nH]1. The van der Waals surface area contributed by atoms with E-state index in [0.717, 1.165) is 12.3 Å². The number of nitrogens with one attached hydrogen (secondary N) is 2. The first-order chi connectivity index (χ1) is 8.58. The number of hydrogen-bond acceptors (Lipinski definition) is 5. The number of nitrogens with zero attached hydrogens (tertiary/aromatic N) is 2. The maximum Gasteiger partial charge on any atom is 0.247 e. The molecule has 0 spiro atoms. The van der Waals surface area contributed by atoms with Crippen LogP contribution in [0, 0.1) is 0 Å². The largest absolute Gasteiger partial charge is 0.328 e. The Hall–Kier alpha value is -2.06. The number of pyridine rings is 1. The van der Waals surface area contributed by atoms with Crippen LogP contribution in [0.2, 0.25) is 0 Å². The van der Waals surface area contributed by atoms with Crippen LogP contribution < -0.4 is 10.3 Å². The number of rotatable bonds is 4. The number of H-pyrrole nitrogens is 1. The molecule has 0 saturated heterocycles. The van der Waals surface area contributed by atoms with Crippen molar-refractivity contribution in [3.8, 4) is 0 Å². The van der Waals surface area contributed by atoms with Crippen LogP contribution in [0.3, 0.4) is 0 Å². The smallest absolute Gasteiger partial charge is 0.247 e. The van der Waals surface area contributed by atoms with E-state index in [1.165, 1.54) is 12.3 Å². The van der Waals surface area contributed by atoms with E-state index in [2.05, 4.69) is 19.9 Å². The van der Waals surface area contributed by atoms with Gasteiger partial charge in [-0.25, -0.2) is 13.1 Å². The summed E-state index contributed by atoms with van der Waals surface area (Å²) in [5, 5.41) is 7.39. The molecule has 0 fully saturated rings. The molecule has 2 N–H and O–H groups in total. The van der Waals surface area contributed by atoms with Crippen LogP contribution >= 0.6 is 0 Å². The average molecular weight is 266 g/mol. The second-order valence-corrected chi connectivity index (χ2v) is 5.20. The van der Waals surface area contributed by atoms with E-state index in [9.17, 15) is 13.2 Å². The van der Waals surface area contributed by atoms with E-state index < -0.39 is 10.0 Å². The van der Waals surface area contributed by atoms with Crippen LogP contribution in [-0.4, -0.2) is 23.6 Å². The third-order valence-corrected chi connectivity index (χ3v) is 3.54. The van der Waals surface area contributed by atoms with Crippen molar-refractivity contribution in [2.45, 2.75) is 11.4 Å². The molecule has 0 saturated carbocycles. The third kappa shape index (κ3) is 2.99. The second kappa shape index (κ2) is 5.07. The van der Waals surface area contributed by atoms with Gasteiger partial charge < -0.3 is 4.98 Å². The van der Waals surface area contributed by atoms with Crippen LogP contribution in [0.25, 0.3) is 0 Å². The summed E-state index contributed by atoms with van der Waals surface area (Å²) >= 11 is 0. The van der Waals surface area contributed by atoms with Gasteiger partial charge in [0.25, 0.3) is 0 Å². The molecule has 2 aromatic rings. The van der Waals surface area contributed by atoms with Crippen molar-refractivity contribution in [2.24, 2.45) is 0 Å². The van der Waals surface area contributed by atoms with E-state index in [4.69, 9.17) is 0 Å². The lowest BCUT2D eigenvalue weighted by atomic mass is 10.4. The first kappa shape index (κ1) is 12.4. The monoisotopic (exact) mass is 266 g/mol. The molecular formula is C10H10N4O3S. The van der Waals surface area contributed by atoms with Gasteiger partial charge in [0, 0.05) is 18.5 Å². The van der Waals surface area contributed by atoms with Crippen molar-refractivity contribution in [1.29, 1.82) is 0 Å². The number of sulfonamides is 1. The van der Waals surface area contributed by atoms with Crippen molar-refractivity contribution < 1.29 is 8.42 Å². The van der Waals surface area contributed by atoms with Gasteiger partial charge >= 0.3 is 0 Å². The van der Waals surface area contributed by atoms with E-state index in [1.807, 2.05) is 0 Å². The average Bonchev–Trinajstić information content (AvgIpc) is 2.38. The number of hydrogen-bond donors (Lipinski definition) is 2. The molecule has 8 heteroatoms. The first-order valence-corrected chi connectivity index (χ1v) is 6.51. The molecule has 0 unspecified atom stereocenters. The van der Waals surface area contributed by atoms with Crippen molar-refractivity contribution in [3.63, 3.8) is 0 Å². The second-order valence-electron chi connectivity index (χ2n) is 3.43. The maximum atomic E-state index is 11.8. The van der Waals surface area contributed by atoms with Crippen molar-refractivity contribution in [3.05, 3.63) is 52.7 Å². The van der Waals surface area contributed by atoms with Gasteiger partial charge in [-0.1, -0.05) is 0 Å². The minimum atomic E-state index is -3.66. The Morgan fingerprint density at radius 1 is 1.28 bits per heavy atom. The standard InChI is InChI=1S/C10H10N4O3S/c15-10-4-3-9(7-11-10)18(16,17)13-6-8-2-1-5-12-14-8/h1-5,7,13H,6H2,(H,11,15). The quantitative estimate of drug-likeness (QED) is 0.786. The molecule has 7 nitrogen and oxygen atoms in total. The summed E-state index contributed by atoms with van der Waals surface area (Å²) in [7, 11) is -3.66. The normalized spacial score (nSPS) is 11.3. The molecule has 94 valence electrons. The maximum absolute atomic E-state index is 11.8. The Bertz CT molecular complexity index is 661. The molecule has 0 aromatic carbocycles. The lowest BCUT2D eigenvalue weighted by Gasteiger charge is -2.05. The Labute approximate surface area is 103 Å². The molecule has 0 radical (unpaired) electrons. The lowest BCUT2D eigenvalue weighted by Crippen LogP contribution is -2.24. The molecule has 0 atom stereocenters. The summed E-state index contributed by atoms with van der Waals surface area (Å²) in [6.07, 6.45) is 2.64. The Kier molecular flexibility index (Phi) is 3.49. The number of aromatic amines is 1. The van der Waals surface area contributed by atoms with Crippen LogP contribution in [0.4, 0.5) is 0 Å². The Balaban J connectivity index is 2.13. The minimum Gasteiger partial charge on any atom is -0.328 e. The zero-order valence-electron chi connectivity index (χ0n) is 9.20. The summed E-state index contributed by atoms with van der Waals surface area (Å²) < 4.78 is 26.0. The van der Waals surface area contributed by atoms with E-state index in [-0.39, 0.29) is 17.0 Å². The molecule has 2 heterocycles. The molecule has 2 rings (SSSR count). The van der Waals surface area contributed by atoms with Gasteiger partial charge in [-0.05, 0) is 18.2 Å². The lowest BCUT2D eigenvalue weighted by molar-refractivity contribution is 0.579. The Morgan fingerprint density at radius 2 is 2.11 bits per heavy atom. The molecule has 2 aromatic heterocycles.